The van der Waals surface area contributed by atoms with Gasteiger partial charge in [-0.15, -0.1) is 0 Å². The Morgan fingerprint density at radius 3 is 2.73 bits per heavy atom. The van der Waals surface area contributed by atoms with Crippen LogP contribution in [0.25, 0.3) is 0 Å². The van der Waals surface area contributed by atoms with Crippen LogP contribution in [0.4, 0.5) is 11.5 Å². The van der Waals surface area contributed by atoms with Crippen molar-refractivity contribution in [2.75, 3.05) is 24.2 Å². The predicted molar refractivity (Wildman–Crippen MR) is 66.4 cm³/mol. The molecule has 1 aromatic rings. The summed E-state index contributed by atoms with van der Waals surface area (Å²) in [6.45, 7) is 5.33. The van der Waals surface area contributed by atoms with Crippen molar-refractivity contribution >= 4 is 23.1 Å². The third-order valence-electron chi connectivity index (χ3n) is 2.27. The molecule has 3 nitrogen and oxygen atoms in total. The molecule has 0 spiro atoms. The van der Waals surface area contributed by atoms with Gasteiger partial charge in [-0.25, -0.2) is 4.98 Å². The molecule has 1 heterocycles. The van der Waals surface area contributed by atoms with E-state index in [1.807, 2.05) is 11.9 Å². The zero-order valence-corrected chi connectivity index (χ0v) is 10.3. The zero-order chi connectivity index (χ0) is 11.4. The highest BCUT2D eigenvalue weighted by molar-refractivity contribution is 6.29. The van der Waals surface area contributed by atoms with Crippen LogP contribution in [0.3, 0.4) is 0 Å². The number of aromatic nitrogens is 1. The van der Waals surface area contributed by atoms with E-state index < -0.39 is 0 Å². The smallest absolute Gasteiger partial charge is 0.153 e. The number of anilines is 2. The molecule has 0 atom stereocenters. The Hall–Kier alpha value is -0.960. The Morgan fingerprint density at radius 1 is 1.47 bits per heavy atom. The lowest BCUT2D eigenvalue weighted by molar-refractivity contribution is 0.584. The fraction of sp³-hybridized carbons (Fsp3) is 0.545. The fourth-order valence-corrected chi connectivity index (χ4v) is 1.44. The van der Waals surface area contributed by atoms with Gasteiger partial charge >= 0.3 is 0 Å². The molecule has 0 bridgehead atoms. The summed E-state index contributed by atoms with van der Waals surface area (Å²) in [5.74, 6) is 1.44. The van der Waals surface area contributed by atoms with Crippen molar-refractivity contribution in [2.24, 2.45) is 5.92 Å². The van der Waals surface area contributed by atoms with E-state index in [9.17, 15) is 0 Å². The van der Waals surface area contributed by atoms with E-state index in [2.05, 4.69) is 18.8 Å². The number of hydrogen-bond donors (Lipinski definition) is 1. The number of rotatable bonds is 4. The van der Waals surface area contributed by atoms with Crippen molar-refractivity contribution in [3.05, 3.63) is 17.3 Å². The second-order valence-corrected chi connectivity index (χ2v) is 4.54. The molecule has 1 aromatic heterocycles. The van der Waals surface area contributed by atoms with Gasteiger partial charge in [-0.1, -0.05) is 25.4 Å². The van der Waals surface area contributed by atoms with Gasteiger partial charge in [0.25, 0.3) is 0 Å². The highest BCUT2D eigenvalue weighted by Gasteiger charge is 2.08. The van der Waals surface area contributed by atoms with Gasteiger partial charge < -0.3 is 10.6 Å². The van der Waals surface area contributed by atoms with E-state index in [0.29, 0.717) is 16.8 Å². The summed E-state index contributed by atoms with van der Waals surface area (Å²) in [5.41, 5.74) is 6.51. The molecule has 0 aliphatic heterocycles. The van der Waals surface area contributed by atoms with Gasteiger partial charge in [0, 0.05) is 13.6 Å². The van der Waals surface area contributed by atoms with Gasteiger partial charge in [0.1, 0.15) is 5.15 Å². The Balaban J connectivity index is 2.72. The molecule has 0 saturated heterocycles. The molecular formula is C11H18ClN3. The largest absolute Gasteiger partial charge is 0.396 e. The number of nitrogens with two attached hydrogens (primary N) is 1. The first-order valence-electron chi connectivity index (χ1n) is 5.14. The quantitative estimate of drug-likeness (QED) is 0.805. The van der Waals surface area contributed by atoms with E-state index in [1.165, 1.54) is 0 Å². The molecule has 4 heteroatoms. The minimum absolute atomic E-state index is 0.482. The highest BCUT2D eigenvalue weighted by Crippen LogP contribution is 2.22. The van der Waals surface area contributed by atoms with Crippen molar-refractivity contribution in [1.29, 1.82) is 0 Å². The van der Waals surface area contributed by atoms with Crippen LogP contribution in [-0.2, 0) is 0 Å². The molecule has 0 fully saturated rings. The van der Waals surface area contributed by atoms with Crippen LogP contribution in [0.5, 0.6) is 0 Å². The summed E-state index contributed by atoms with van der Waals surface area (Å²) in [5, 5.41) is 0.482. The molecule has 0 saturated carbocycles. The Labute approximate surface area is 96.2 Å². The third kappa shape index (κ3) is 3.59. The Morgan fingerprint density at radius 2 is 2.13 bits per heavy atom. The summed E-state index contributed by atoms with van der Waals surface area (Å²) < 4.78 is 0. The molecule has 2 N–H and O–H groups in total. The van der Waals surface area contributed by atoms with Gasteiger partial charge in [0.15, 0.2) is 5.82 Å². The average Bonchev–Trinajstić information content (AvgIpc) is 2.18. The maximum atomic E-state index is 5.83. The maximum absolute atomic E-state index is 5.83. The fourth-order valence-electron chi connectivity index (χ4n) is 1.30. The summed E-state index contributed by atoms with van der Waals surface area (Å²) in [7, 11) is 1.98. The topological polar surface area (TPSA) is 42.2 Å². The lowest BCUT2D eigenvalue weighted by atomic mass is 10.1. The van der Waals surface area contributed by atoms with Crippen LogP contribution in [0.2, 0.25) is 5.15 Å². The van der Waals surface area contributed by atoms with E-state index in [0.717, 1.165) is 18.8 Å². The van der Waals surface area contributed by atoms with Crippen molar-refractivity contribution < 1.29 is 0 Å². The minimum Gasteiger partial charge on any atom is -0.396 e. The van der Waals surface area contributed by atoms with Crippen molar-refractivity contribution in [3.63, 3.8) is 0 Å². The summed E-state index contributed by atoms with van der Waals surface area (Å²) in [6, 6.07) is 3.49. The Bertz CT molecular complexity index is 326. The van der Waals surface area contributed by atoms with Crippen LogP contribution in [0.15, 0.2) is 12.1 Å². The summed E-state index contributed by atoms with van der Waals surface area (Å²) in [4.78, 5) is 6.26. The molecular weight excluding hydrogens is 210 g/mol. The van der Waals surface area contributed by atoms with E-state index in [-0.39, 0.29) is 0 Å². The van der Waals surface area contributed by atoms with Crippen LogP contribution < -0.4 is 10.6 Å². The van der Waals surface area contributed by atoms with Crippen LogP contribution in [0, 0.1) is 5.92 Å². The van der Waals surface area contributed by atoms with Gasteiger partial charge in [0.2, 0.25) is 0 Å². The van der Waals surface area contributed by atoms with E-state index in [1.54, 1.807) is 12.1 Å². The van der Waals surface area contributed by atoms with Crippen LogP contribution in [-0.4, -0.2) is 18.6 Å². The average molecular weight is 228 g/mol. The molecule has 1 rings (SSSR count). The minimum atomic E-state index is 0.482. The maximum Gasteiger partial charge on any atom is 0.153 e. The summed E-state index contributed by atoms with van der Waals surface area (Å²) in [6.07, 6.45) is 1.12. The normalized spacial score (nSPS) is 10.7. The zero-order valence-electron chi connectivity index (χ0n) is 9.50. The number of nitrogen functional groups attached to an aromatic ring is 1. The number of pyridine rings is 1. The van der Waals surface area contributed by atoms with E-state index in [4.69, 9.17) is 17.3 Å². The highest BCUT2D eigenvalue weighted by atomic mass is 35.5. The molecule has 0 amide bonds. The monoisotopic (exact) mass is 227 g/mol. The first kappa shape index (κ1) is 12.1. The molecule has 0 unspecified atom stereocenters. The molecule has 0 aromatic carbocycles. The van der Waals surface area contributed by atoms with E-state index >= 15 is 0 Å². The number of hydrogen-bond acceptors (Lipinski definition) is 3. The third-order valence-corrected chi connectivity index (χ3v) is 2.49. The summed E-state index contributed by atoms with van der Waals surface area (Å²) >= 11 is 5.83. The first-order valence-corrected chi connectivity index (χ1v) is 5.51. The lowest BCUT2D eigenvalue weighted by Crippen LogP contribution is -2.22. The molecule has 0 radical (unpaired) electrons. The molecule has 0 aliphatic carbocycles. The molecule has 0 aliphatic rings. The van der Waals surface area contributed by atoms with Crippen LogP contribution >= 0.6 is 11.6 Å². The standard InChI is InChI=1S/C11H18ClN3/c1-8(2)6-7-15(3)11-9(13)4-5-10(12)14-11/h4-5,8H,6-7,13H2,1-3H3. The van der Waals surface area contributed by atoms with Gasteiger partial charge in [0.05, 0.1) is 5.69 Å². The van der Waals surface area contributed by atoms with Gasteiger partial charge in [-0.2, -0.15) is 0 Å². The SMILES string of the molecule is CC(C)CCN(C)c1nc(Cl)ccc1N. The number of nitrogens with zero attached hydrogens (tertiary/aromatic N) is 2. The Kier molecular flexibility index (Phi) is 4.21. The van der Waals surface area contributed by atoms with Crippen LogP contribution in [0.1, 0.15) is 20.3 Å². The second kappa shape index (κ2) is 5.21. The van der Waals surface area contributed by atoms with Crippen molar-refractivity contribution in [2.45, 2.75) is 20.3 Å². The van der Waals surface area contributed by atoms with Gasteiger partial charge in [-0.05, 0) is 24.5 Å². The van der Waals surface area contributed by atoms with Crippen molar-refractivity contribution in [3.8, 4) is 0 Å². The predicted octanol–water partition coefficient (Wildman–Crippen LogP) is 2.80. The molecule has 15 heavy (non-hydrogen) atoms. The van der Waals surface area contributed by atoms with Crippen molar-refractivity contribution in [1.82, 2.24) is 4.98 Å². The van der Waals surface area contributed by atoms with Gasteiger partial charge in [-0.3, -0.25) is 0 Å². The number of halogens is 1. The molecule has 84 valence electrons. The second-order valence-electron chi connectivity index (χ2n) is 4.15. The lowest BCUT2D eigenvalue weighted by Gasteiger charge is -2.20. The first-order chi connectivity index (χ1) is 7.00.